The third-order valence-electron chi connectivity index (χ3n) is 3.55. The molecule has 1 aromatic rings. The van der Waals surface area contributed by atoms with E-state index in [9.17, 15) is 14.0 Å². The molecular weight excluding hydrogens is 281 g/mol. The van der Waals surface area contributed by atoms with E-state index in [1.54, 1.807) is 24.3 Å². The fourth-order valence-electron chi connectivity index (χ4n) is 2.53. The molecule has 0 saturated carbocycles. The molecule has 102 valence electrons. The first-order chi connectivity index (χ1) is 9.56. The van der Waals surface area contributed by atoms with Crippen molar-refractivity contribution in [3.8, 4) is 0 Å². The average Bonchev–Trinajstić information content (AvgIpc) is 2.66. The number of hydrogen-bond acceptors (Lipinski definition) is 2. The fraction of sp³-hybridized carbons (Fsp3) is 0.200. The van der Waals surface area contributed by atoms with E-state index in [1.807, 2.05) is 0 Å². The number of ketones is 1. The Balaban J connectivity index is 1.87. The van der Waals surface area contributed by atoms with E-state index < -0.39 is 17.5 Å². The summed E-state index contributed by atoms with van der Waals surface area (Å²) in [6.45, 7) is 0.319. The molecule has 3 rings (SSSR count). The van der Waals surface area contributed by atoms with E-state index in [0.717, 1.165) is 11.6 Å². The van der Waals surface area contributed by atoms with Crippen molar-refractivity contribution in [2.75, 3.05) is 0 Å². The van der Waals surface area contributed by atoms with Gasteiger partial charge in [0.1, 0.15) is 5.83 Å². The number of halogens is 2. The first-order valence-corrected chi connectivity index (χ1v) is 6.61. The SMILES string of the molecule is O=C1C(=O)N(Cc2ccc(Cl)cc2)C2CC=C(F)C=C12. The summed E-state index contributed by atoms with van der Waals surface area (Å²) >= 11 is 5.81. The van der Waals surface area contributed by atoms with Crippen LogP contribution in [-0.2, 0) is 16.1 Å². The first kappa shape index (κ1) is 13.1. The average molecular weight is 292 g/mol. The molecule has 1 amide bonds. The zero-order valence-electron chi connectivity index (χ0n) is 10.5. The van der Waals surface area contributed by atoms with Gasteiger partial charge in [0.2, 0.25) is 5.78 Å². The summed E-state index contributed by atoms with van der Waals surface area (Å²) in [5.74, 6) is -1.63. The van der Waals surface area contributed by atoms with Gasteiger partial charge in [-0.25, -0.2) is 4.39 Å². The van der Waals surface area contributed by atoms with Gasteiger partial charge in [0, 0.05) is 17.1 Å². The predicted octanol–water partition coefficient (Wildman–Crippen LogP) is 2.80. The summed E-state index contributed by atoms with van der Waals surface area (Å²) in [6, 6.07) is 6.72. The smallest absolute Gasteiger partial charge is 0.295 e. The quantitative estimate of drug-likeness (QED) is 0.786. The molecule has 1 aliphatic heterocycles. The van der Waals surface area contributed by atoms with Crippen LogP contribution in [0.4, 0.5) is 4.39 Å². The van der Waals surface area contributed by atoms with Crippen molar-refractivity contribution in [2.24, 2.45) is 0 Å². The number of carbonyl (C=O) groups excluding carboxylic acids is 2. The number of Topliss-reactive ketones (excluding diaryl/α,β-unsaturated/α-hetero) is 1. The highest BCUT2D eigenvalue weighted by Gasteiger charge is 2.43. The van der Waals surface area contributed by atoms with Crippen LogP contribution in [0.25, 0.3) is 0 Å². The Morgan fingerprint density at radius 2 is 1.95 bits per heavy atom. The molecule has 0 N–H and O–H groups in total. The Labute approximate surface area is 120 Å². The normalized spacial score (nSPS) is 21.7. The lowest BCUT2D eigenvalue weighted by Gasteiger charge is -2.24. The molecular formula is C15H11ClFNO2. The van der Waals surface area contributed by atoms with Gasteiger partial charge in [0.05, 0.1) is 6.04 Å². The molecule has 0 spiro atoms. The molecule has 1 aliphatic carbocycles. The van der Waals surface area contributed by atoms with E-state index in [1.165, 1.54) is 11.0 Å². The van der Waals surface area contributed by atoms with Gasteiger partial charge in [-0.2, -0.15) is 0 Å². The molecule has 0 radical (unpaired) electrons. The maximum absolute atomic E-state index is 13.2. The second kappa shape index (κ2) is 4.87. The van der Waals surface area contributed by atoms with Crippen molar-refractivity contribution in [3.63, 3.8) is 0 Å². The molecule has 1 heterocycles. The van der Waals surface area contributed by atoms with E-state index in [-0.39, 0.29) is 11.6 Å². The molecule has 2 aliphatic rings. The molecule has 1 aromatic carbocycles. The largest absolute Gasteiger partial charge is 0.324 e. The van der Waals surface area contributed by atoms with Crippen LogP contribution in [-0.4, -0.2) is 22.6 Å². The molecule has 1 saturated heterocycles. The Bertz CT molecular complexity index is 648. The summed E-state index contributed by atoms with van der Waals surface area (Å²) in [4.78, 5) is 25.4. The van der Waals surface area contributed by atoms with Crippen LogP contribution >= 0.6 is 11.6 Å². The Kier molecular flexibility index (Phi) is 3.18. The molecule has 20 heavy (non-hydrogen) atoms. The highest BCUT2D eigenvalue weighted by molar-refractivity contribution is 6.45. The van der Waals surface area contributed by atoms with E-state index in [4.69, 9.17) is 11.6 Å². The summed E-state index contributed by atoms with van der Waals surface area (Å²) in [6.07, 6.45) is 2.90. The lowest BCUT2D eigenvalue weighted by atomic mass is 9.98. The minimum atomic E-state index is -0.604. The number of rotatable bonds is 2. The minimum absolute atomic E-state index is 0.254. The number of allylic oxidation sites excluding steroid dienone is 2. The topological polar surface area (TPSA) is 37.4 Å². The van der Waals surface area contributed by atoms with Crippen LogP contribution in [0.1, 0.15) is 12.0 Å². The number of amides is 1. The Hall–Kier alpha value is -1.94. The fourth-order valence-corrected chi connectivity index (χ4v) is 2.66. The molecule has 5 heteroatoms. The Morgan fingerprint density at radius 1 is 1.25 bits per heavy atom. The lowest BCUT2D eigenvalue weighted by Crippen LogP contribution is -2.33. The van der Waals surface area contributed by atoms with Gasteiger partial charge in [0.25, 0.3) is 5.91 Å². The third-order valence-corrected chi connectivity index (χ3v) is 3.80. The monoisotopic (exact) mass is 291 g/mol. The van der Waals surface area contributed by atoms with Crippen molar-refractivity contribution in [3.05, 3.63) is 58.4 Å². The zero-order valence-corrected chi connectivity index (χ0v) is 11.2. The molecule has 0 aromatic heterocycles. The molecule has 1 unspecified atom stereocenters. The Morgan fingerprint density at radius 3 is 2.65 bits per heavy atom. The summed E-state index contributed by atoms with van der Waals surface area (Å²) in [7, 11) is 0. The van der Waals surface area contributed by atoms with Crippen molar-refractivity contribution in [1.82, 2.24) is 4.90 Å². The second-order valence-electron chi connectivity index (χ2n) is 4.83. The van der Waals surface area contributed by atoms with Crippen LogP contribution in [0.2, 0.25) is 5.02 Å². The maximum Gasteiger partial charge on any atom is 0.295 e. The maximum atomic E-state index is 13.2. The van der Waals surface area contributed by atoms with E-state index >= 15 is 0 Å². The van der Waals surface area contributed by atoms with E-state index in [2.05, 4.69) is 0 Å². The van der Waals surface area contributed by atoms with Crippen LogP contribution in [0.15, 0.2) is 47.8 Å². The number of benzene rings is 1. The third kappa shape index (κ3) is 2.16. The lowest BCUT2D eigenvalue weighted by molar-refractivity contribution is -0.140. The standard InChI is InChI=1S/C15H11ClFNO2/c16-10-3-1-9(2-4-10)8-18-13-6-5-11(17)7-12(13)14(19)15(18)20/h1-5,7,13H,6,8H2. The van der Waals surface area contributed by atoms with Crippen molar-refractivity contribution < 1.29 is 14.0 Å². The van der Waals surface area contributed by atoms with Gasteiger partial charge in [-0.05, 0) is 36.3 Å². The van der Waals surface area contributed by atoms with Crippen molar-refractivity contribution >= 4 is 23.3 Å². The van der Waals surface area contributed by atoms with Crippen LogP contribution < -0.4 is 0 Å². The second-order valence-corrected chi connectivity index (χ2v) is 5.27. The molecule has 3 nitrogen and oxygen atoms in total. The highest BCUT2D eigenvalue weighted by Crippen LogP contribution is 2.31. The highest BCUT2D eigenvalue weighted by atomic mass is 35.5. The number of hydrogen-bond donors (Lipinski definition) is 0. The van der Waals surface area contributed by atoms with Crippen molar-refractivity contribution in [1.29, 1.82) is 0 Å². The number of carbonyl (C=O) groups is 2. The summed E-state index contributed by atoms with van der Waals surface area (Å²) in [5.41, 5.74) is 1.13. The van der Waals surface area contributed by atoms with Crippen molar-refractivity contribution in [2.45, 2.75) is 19.0 Å². The van der Waals surface area contributed by atoms with Gasteiger partial charge in [-0.1, -0.05) is 23.7 Å². The molecule has 0 bridgehead atoms. The van der Waals surface area contributed by atoms with Crippen LogP contribution in [0, 0.1) is 0 Å². The van der Waals surface area contributed by atoms with E-state index in [0.29, 0.717) is 18.0 Å². The molecule has 1 fully saturated rings. The van der Waals surface area contributed by atoms with Gasteiger partial charge >= 0.3 is 0 Å². The number of likely N-dealkylation sites (tertiary alicyclic amines) is 1. The number of fused-ring (bicyclic) bond motifs is 1. The van der Waals surface area contributed by atoms with Gasteiger partial charge in [-0.3, -0.25) is 9.59 Å². The predicted molar refractivity (Wildman–Crippen MR) is 72.7 cm³/mol. The zero-order chi connectivity index (χ0) is 14.3. The number of nitrogens with zero attached hydrogens (tertiary/aromatic N) is 1. The first-order valence-electron chi connectivity index (χ1n) is 6.23. The van der Waals surface area contributed by atoms with Gasteiger partial charge in [-0.15, -0.1) is 0 Å². The van der Waals surface area contributed by atoms with Gasteiger partial charge in [0.15, 0.2) is 0 Å². The molecule has 1 atom stereocenters. The van der Waals surface area contributed by atoms with Crippen LogP contribution in [0.3, 0.4) is 0 Å². The summed E-state index contributed by atoms with van der Waals surface area (Å²) in [5, 5.41) is 0.612. The van der Waals surface area contributed by atoms with Gasteiger partial charge < -0.3 is 4.90 Å². The summed E-state index contributed by atoms with van der Waals surface area (Å²) < 4.78 is 13.2. The van der Waals surface area contributed by atoms with Crippen LogP contribution in [0.5, 0.6) is 0 Å². The minimum Gasteiger partial charge on any atom is -0.324 e.